The van der Waals surface area contributed by atoms with E-state index in [1.54, 1.807) is 24.4 Å². The lowest BCUT2D eigenvalue weighted by molar-refractivity contribution is 0.488. The molecule has 0 radical (unpaired) electrons. The number of sulfonamides is 1. The van der Waals surface area contributed by atoms with Crippen molar-refractivity contribution in [3.8, 4) is 0 Å². The van der Waals surface area contributed by atoms with Gasteiger partial charge in [0.25, 0.3) is 10.0 Å². The van der Waals surface area contributed by atoms with Crippen LogP contribution in [0.3, 0.4) is 0 Å². The second-order valence-corrected chi connectivity index (χ2v) is 7.35. The molecule has 1 aromatic heterocycles. The second kappa shape index (κ2) is 4.63. The topological polar surface area (TPSA) is 73.4 Å². The molecule has 6 heteroatoms. The van der Waals surface area contributed by atoms with Crippen LogP contribution in [0.5, 0.6) is 0 Å². The lowest BCUT2D eigenvalue weighted by Gasteiger charge is -2.29. The van der Waals surface area contributed by atoms with E-state index < -0.39 is 10.0 Å². The Bertz CT molecular complexity index is 1060. The summed E-state index contributed by atoms with van der Waals surface area (Å²) >= 11 is 0. The molecule has 116 valence electrons. The fourth-order valence-corrected chi connectivity index (χ4v) is 4.41. The van der Waals surface area contributed by atoms with E-state index in [1.807, 2.05) is 24.3 Å². The predicted molar refractivity (Wildman–Crippen MR) is 89.1 cm³/mol. The molecule has 0 amide bonds. The Kier molecular flexibility index (Phi) is 2.80. The summed E-state index contributed by atoms with van der Waals surface area (Å²) in [6, 6.07) is 14.0. The van der Waals surface area contributed by atoms with Crippen LogP contribution in [0.1, 0.15) is 11.1 Å². The number of rotatable bonds is 1. The highest BCUT2D eigenvalue weighted by Gasteiger charge is 2.35. The minimum atomic E-state index is -3.70. The zero-order valence-corrected chi connectivity index (χ0v) is 13.1. The number of aromatic amines is 1. The monoisotopic (exact) mass is 326 g/mol. The van der Waals surface area contributed by atoms with Gasteiger partial charge in [0, 0.05) is 35.3 Å². The first kappa shape index (κ1) is 13.9. The molecule has 4 rings (SSSR count). The van der Waals surface area contributed by atoms with Crippen molar-refractivity contribution in [2.24, 2.45) is 0 Å². The Morgan fingerprint density at radius 3 is 2.52 bits per heavy atom. The number of H-pyrrole nitrogens is 1. The normalized spacial score (nSPS) is 16.7. The largest absolute Gasteiger partial charge is 0.505 e. The van der Waals surface area contributed by atoms with E-state index in [0.717, 1.165) is 15.2 Å². The van der Waals surface area contributed by atoms with Gasteiger partial charge in [-0.05, 0) is 18.2 Å². The van der Waals surface area contributed by atoms with E-state index in [9.17, 15) is 13.5 Å². The van der Waals surface area contributed by atoms with Crippen molar-refractivity contribution in [2.45, 2.75) is 4.90 Å². The molecule has 0 saturated carbocycles. The van der Waals surface area contributed by atoms with Gasteiger partial charge < -0.3 is 10.1 Å². The van der Waals surface area contributed by atoms with Crippen LogP contribution in [0.25, 0.3) is 22.4 Å². The van der Waals surface area contributed by atoms with Gasteiger partial charge in [0.1, 0.15) is 11.5 Å². The van der Waals surface area contributed by atoms with Crippen LogP contribution in [0.15, 0.2) is 59.6 Å². The first-order valence-corrected chi connectivity index (χ1v) is 8.54. The Balaban J connectivity index is 2.09. The van der Waals surface area contributed by atoms with Gasteiger partial charge in [0.2, 0.25) is 0 Å². The van der Waals surface area contributed by atoms with Crippen LogP contribution in [0.2, 0.25) is 0 Å². The first-order chi connectivity index (χ1) is 11.0. The highest BCUT2D eigenvalue weighted by Crippen LogP contribution is 2.40. The number of aliphatic hydroxyl groups is 1. The third-order valence-corrected chi connectivity index (χ3v) is 5.98. The van der Waals surface area contributed by atoms with Crippen molar-refractivity contribution in [1.29, 1.82) is 0 Å². The van der Waals surface area contributed by atoms with Gasteiger partial charge in [-0.2, -0.15) is 0 Å². The minimum Gasteiger partial charge on any atom is -0.505 e. The smallest absolute Gasteiger partial charge is 0.264 e. The fourth-order valence-electron chi connectivity index (χ4n) is 3.00. The maximum atomic E-state index is 12.8. The van der Waals surface area contributed by atoms with E-state index in [4.69, 9.17) is 0 Å². The maximum absolute atomic E-state index is 12.8. The lowest BCUT2D eigenvalue weighted by Crippen LogP contribution is -2.30. The van der Waals surface area contributed by atoms with Crippen LogP contribution in [-0.4, -0.2) is 29.9 Å². The summed E-state index contributed by atoms with van der Waals surface area (Å²) in [6.07, 6.45) is 1.72. The van der Waals surface area contributed by atoms with E-state index in [1.165, 1.54) is 13.1 Å². The molecule has 3 aromatic rings. The third kappa shape index (κ3) is 1.82. The summed E-state index contributed by atoms with van der Waals surface area (Å²) < 4.78 is 26.7. The maximum Gasteiger partial charge on any atom is 0.264 e. The van der Waals surface area contributed by atoms with Gasteiger partial charge in [-0.3, -0.25) is 4.31 Å². The van der Waals surface area contributed by atoms with Gasteiger partial charge >= 0.3 is 0 Å². The molecule has 23 heavy (non-hydrogen) atoms. The van der Waals surface area contributed by atoms with Gasteiger partial charge in [0.15, 0.2) is 0 Å². The molecule has 0 atom stereocenters. The van der Waals surface area contributed by atoms with Crippen molar-refractivity contribution in [2.75, 3.05) is 7.05 Å². The summed E-state index contributed by atoms with van der Waals surface area (Å²) in [5.41, 5.74) is 2.14. The number of para-hydroxylation sites is 1. The number of nitrogens with one attached hydrogen (secondary N) is 1. The molecule has 5 nitrogen and oxygen atoms in total. The highest BCUT2D eigenvalue weighted by molar-refractivity contribution is 7.89. The molecule has 2 aromatic carbocycles. The summed E-state index contributed by atoms with van der Waals surface area (Å²) in [7, 11) is -2.24. The Morgan fingerprint density at radius 1 is 1.00 bits per heavy atom. The molecule has 2 heterocycles. The van der Waals surface area contributed by atoms with Crippen molar-refractivity contribution in [1.82, 2.24) is 9.29 Å². The molecule has 2 N–H and O–H groups in total. The predicted octanol–water partition coefficient (Wildman–Crippen LogP) is 3.19. The summed E-state index contributed by atoms with van der Waals surface area (Å²) in [5, 5.41) is 11.6. The van der Waals surface area contributed by atoms with E-state index in [0.29, 0.717) is 11.1 Å². The lowest BCUT2D eigenvalue weighted by atomic mass is 10.1. The fraction of sp³-hybridized carbons (Fsp3) is 0.0588. The van der Waals surface area contributed by atoms with Crippen LogP contribution in [0.4, 0.5) is 0 Å². The average Bonchev–Trinajstić information content (AvgIpc) is 2.98. The van der Waals surface area contributed by atoms with Crippen LogP contribution >= 0.6 is 0 Å². The summed E-state index contributed by atoms with van der Waals surface area (Å²) in [5.74, 6) is -0.0392. The summed E-state index contributed by atoms with van der Waals surface area (Å²) in [4.78, 5) is 3.23. The van der Waals surface area contributed by atoms with Gasteiger partial charge in [-0.1, -0.05) is 30.3 Å². The second-order valence-electron chi connectivity index (χ2n) is 5.41. The van der Waals surface area contributed by atoms with Crippen molar-refractivity contribution in [3.63, 3.8) is 0 Å². The minimum absolute atomic E-state index is 0.0392. The van der Waals surface area contributed by atoms with Crippen LogP contribution < -0.4 is 0 Å². The highest BCUT2D eigenvalue weighted by atomic mass is 32.2. The Labute approximate surface area is 133 Å². The van der Waals surface area contributed by atoms with E-state index in [-0.39, 0.29) is 16.4 Å². The summed E-state index contributed by atoms with van der Waals surface area (Å²) in [6.45, 7) is 0. The number of hydrogen-bond acceptors (Lipinski definition) is 3. The molecule has 0 saturated heterocycles. The zero-order chi connectivity index (χ0) is 16.2. The number of nitrogens with zero attached hydrogens (tertiary/aromatic N) is 1. The van der Waals surface area contributed by atoms with Gasteiger partial charge in [0.05, 0.1) is 4.90 Å². The Morgan fingerprint density at radius 2 is 1.70 bits per heavy atom. The molecular formula is C17H14N2O3S. The average molecular weight is 326 g/mol. The molecule has 1 aliphatic heterocycles. The van der Waals surface area contributed by atoms with Gasteiger partial charge in [-0.25, -0.2) is 8.42 Å². The quantitative estimate of drug-likeness (QED) is 0.721. The zero-order valence-electron chi connectivity index (χ0n) is 12.3. The number of benzene rings is 2. The SMILES string of the molecule is CN1C(c2c[nH]c3ccccc23)=C(O)c2ccccc2S1(=O)=O. The van der Waals surface area contributed by atoms with Crippen molar-refractivity contribution in [3.05, 3.63) is 65.9 Å². The van der Waals surface area contributed by atoms with Crippen molar-refractivity contribution < 1.29 is 13.5 Å². The Hall–Kier alpha value is -2.73. The first-order valence-electron chi connectivity index (χ1n) is 7.10. The molecular weight excluding hydrogens is 312 g/mol. The molecule has 0 bridgehead atoms. The molecule has 1 aliphatic rings. The van der Waals surface area contributed by atoms with E-state index in [2.05, 4.69) is 4.98 Å². The van der Waals surface area contributed by atoms with Crippen LogP contribution in [-0.2, 0) is 10.0 Å². The molecule has 0 spiro atoms. The number of aromatic nitrogens is 1. The molecule has 0 unspecified atom stereocenters. The number of aliphatic hydroxyl groups excluding tert-OH is 1. The number of fused-ring (bicyclic) bond motifs is 2. The van der Waals surface area contributed by atoms with Crippen LogP contribution in [0, 0.1) is 0 Å². The van der Waals surface area contributed by atoms with Crippen molar-refractivity contribution >= 4 is 32.4 Å². The van der Waals surface area contributed by atoms with Gasteiger partial charge in [-0.15, -0.1) is 0 Å². The van der Waals surface area contributed by atoms with E-state index >= 15 is 0 Å². The molecule has 0 aliphatic carbocycles. The third-order valence-electron chi connectivity index (χ3n) is 4.16. The molecule has 0 fully saturated rings. The number of hydrogen-bond donors (Lipinski definition) is 2. The standard InChI is InChI=1S/C17H14N2O3S/c1-19-16(13-10-18-14-8-4-2-6-11(13)14)17(20)12-7-3-5-9-15(12)23(19,21)22/h2-10,18,20H,1H3.